The van der Waals surface area contributed by atoms with Gasteiger partial charge in [-0.05, 0) is 54.5 Å². The number of nitrogens with zero attached hydrogens (tertiary/aromatic N) is 2. The summed E-state index contributed by atoms with van der Waals surface area (Å²) in [5.41, 5.74) is 9.86. The molecule has 236 valence electrons. The first-order chi connectivity index (χ1) is 24.7. The van der Waals surface area contributed by atoms with Crippen LogP contribution in [0.2, 0.25) is 0 Å². The number of aromatic nitrogens is 2. The van der Waals surface area contributed by atoms with Gasteiger partial charge in [0.2, 0.25) is 0 Å². The summed E-state index contributed by atoms with van der Waals surface area (Å²) in [6.07, 6.45) is 16.1. The third kappa shape index (κ3) is 3.73. The van der Waals surface area contributed by atoms with E-state index >= 15 is 0 Å². The predicted octanol–water partition coefficient (Wildman–Crippen LogP) is 13.1. The van der Waals surface area contributed by atoms with Crippen LogP contribution in [0, 0.1) is 11.3 Å². The fourth-order valence-corrected chi connectivity index (χ4v) is 10.0. The van der Waals surface area contributed by atoms with Crippen LogP contribution in [0.15, 0.2) is 170 Å². The maximum absolute atomic E-state index is 2.58. The Morgan fingerprint density at radius 3 is 1.98 bits per heavy atom. The number of para-hydroxylation sites is 2. The second-order valence-electron chi connectivity index (χ2n) is 13.9. The number of benzene rings is 6. The van der Waals surface area contributed by atoms with Crippen molar-refractivity contribution in [1.29, 1.82) is 0 Å². The van der Waals surface area contributed by atoms with Gasteiger partial charge >= 0.3 is 0 Å². The molecule has 0 fully saturated rings. The first-order valence-corrected chi connectivity index (χ1v) is 18.2. The van der Waals surface area contributed by atoms with Gasteiger partial charge in [0.05, 0.1) is 26.8 Å². The summed E-state index contributed by atoms with van der Waals surface area (Å²) in [5.74, 6) is 0.311. The standard InChI is InChI=1S/C47H32N2S/c1-47-29-10-9-14-32(47)15-11-20-42(47)49-40-19-8-6-16-34(40)36-27-28-41-43(44(36)49)38-26-25-37-35-17-5-7-18-39(35)48(45(37)46(38)50-41)33-23-21-31(22-24-33)30-12-3-2-4-13-30/h2-29,32H,1H3. The molecule has 3 heteroatoms. The van der Waals surface area contributed by atoms with Crippen molar-refractivity contribution in [3.8, 4) is 16.8 Å². The maximum atomic E-state index is 2.58. The predicted molar refractivity (Wildman–Crippen MR) is 215 cm³/mol. The summed E-state index contributed by atoms with van der Waals surface area (Å²) < 4.78 is 7.71. The molecule has 0 saturated carbocycles. The Balaban J connectivity index is 1.24. The van der Waals surface area contributed by atoms with Crippen LogP contribution in [-0.4, -0.2) is 9.13 Å². The quantitative estimate of drug-likeness (QED) is 0.179. The lowest BCUT2D eigenvalue weighted by molar-refractivity contribution is 0.456. The van der Waals surface area contributed by atoms with Crippen molar-refractivity contribution in [2.24, 2.45) is 11.3 Å². The molecular formula is C47H32N2S. The summed E-state index contributed by atoms with van der Waals surface area (Å²) in [6.45, 7) is 2.39. The number of rotatable bonds is 3. The van der Waals surface area contributed by atoms with Gasteiger partial charge in [-0.3, -0.25) is 0 Å². The molecule has 2 aliphatic carbocycles. The van der Waals surface area contributed by atoms with Gasteiger partial charge in [0, 0.05) is 59.7 Å². The lowest BCUT2D eigenvalue weighted by atomic mass is 9.69. The Kier molecular flexibility index (Phi) is 5.77. The van der Waals surface area contributed by atoms with Crippen molar-refractivity contribution >= 4 is 80.8 Å². The highest BCUT2D eigenvalue weighted by Crippen LogP contribution is 2.51. The lowest BCUT2D eigenvalue weighted by Crippen LogP contribution is -2.30. The first kappa shape index (κ1) is 28.0. The minimum Gasteiger partial charge on any atom is -0.311 e. The Bertz CT molecular complexity index is 2980. The second kappa shape index (κ2) is 10.3. The number of hydrogen-bond donors (Lipinski definition) is 0. The highest BCUT2D eigenvalue weighted by Gasteiger charge is 2.38. The van der Waals surface area contributed by atoms with Gasteiger partial charge in [-0.2, -0.15) is 0 Å². The van der Waals surface area contributed by atoms with E-state index in [2.05, 4.69) is 186 Å². The van der Waals surface area contributed by atoms with Crippen molar-refractivity contribution in [3.05, 3.63) is 170 Å². The van der Waals surface area contributed by atoms with Gasteiger partial charge in [-0.15, -0.1) is 11.3 Å². The Hall–Kier alpha value is -5.90. The van der Waals surface area contributed by atoms with Gasteiger partial charge in [-0.1, -0.05) is 134 Å². The summed E-state index contributed by atoms with van der Waals surface area (Å²) in [4.78, 5) is 0. The molecule has 2 nitrogen and oxygen atoms in total. The second-order valence-corrected chi connectivity index (χ2v) is 14.9. The van der Waals surface area contributed by atoms with Crippen LogP contribution in [0.5, 0.6) is 0 Å². The van der Waals surface area contributed by atoms with Gasteiger partial charge in [-0.25, -0.2) is 0 Å². The normalized spacial score (nSPS) is 18.7. The monoisotopic (exact) mass is 656 g/mol. The molecule has 0 aliphatic heterocycles. The summed E-state index contributed by atoms with van der Waals surface area (Å²) in [5, 5.41) is 7.81. The van der Waals surface area contributed by atoms with Crippen LogP contribution in [0.25, 0.3) is 86.3 Å². The molecule has 9 aromatic rings. The van der Waals surface area contributed by atoms with E-state index in [-0.39, 0.29) is 5.41 Å². The smallest absolute Gasteiger partial charge is 0.0719 e. The molecule has 11 rings (SSSR count). The third-order valence-electron chi connectivity index (χ3n) is 11.2. The average Bonchev–Trinajstić information content (AvgIpc) is 3.82. The molecule has 0 radical (unpaired) electrons. The van der Waals surface area contributed by atoms with Crippen LogP contribution in [-0.2, 0) is 0 Å². The Morgan fingerprint density at radius 2 is 1.18 bits per heavy atom. The minimum absolute atomic E-state index is 0.155. The van der Waals surface area contributed by atoms with E-state index in [0.29, 0.717) is 5.92 Å². The van der Waals surface area contributed by atoms with Crippen molar-refractivity contribution in [3.63, 3.8) is 0 Å². The van der Waals surface area contributed by atoms with E-state index in [4.69, 9.17) is 0 Å². The molecule has 0 N–H and O–H groups in total. The van der Waals surface area contributed by atoms with E-state index in [0.717, 1.165) is 0 Å². The fraction of sp³-hybridized carbons (Fsp3) is 0.0638. The van der Waals surface area contributed by atoms with Crippen LogP contribution >= 0.6 is 11.3 Å². The molecular weight excluding hydrogens is 625 g/mol. The molecule has 2 atom stereocenters. The zero-order valence-electron chi connectivity index (χ0n) is 27.5. The molecule has 6 aromatic carbocycles. The minimum atomic E-state index is -0.155. The van der Waals surface area contributed by atoms with Crippen LogP contribution in [0.3, 0.4) is 0 Å². The molecule has 0 amide bonds. The van der Waals surface area contributed by atoms with E-state index in [9.17, 15) is 0 Å². The summed E-state index contributed by atoms with van der Waals surface area (Å²) in [7, 11) is 0. The van der Waals surface area contributed by atoms with Gasteiger partial charge in [0.1, 0.15) is 0 Å². The molecule has 2 aliphatic rings. The fourth-order valence-electron chi connectivity index (χ4n) is 8.81. The Labute approximate surface area is 293 Å². The van der Waals surface area contributed by atoms with E-state index in [1.165, 1.54) is 86.3 Å². The molecule has 3 heterocycles. The van der Waals surface area contributed by atoms with Gasteiger partial charge in [0.15, 0.2) is 0 Å². The Morgan fingerprint density at radius 1 is 0.540 bits per heavy atom. The zero-order chi connectivity index (χ0) is 33.0. The van der Waals surface area contributed by atoms with Crippen molar-refractivity contribution < 1.29 is 0 Å². The summed E-state index contributed by atoms with van der Waals surface area (Å²) in [6, 6.07) is 47.0. The molecule has 0 bridgehead atoms. The summed E-state index contributed by atoms with van der Waals surface area (Å²) >= 11 is 1.92. The largest absolute Gasteiger partial charge is 0.311 e. The average molecular weight is 657 g/mol. The van der Waals surface area contributed by atoms with Crippen molar-refractivity contribution in [2.45, 2.75) is 6.92 Å². The van der Waals surface area contributed by atoms with E-state index in [1.54, 1.807) is 0 Å². The van der Waals surface area contributed by atoms with Crippen LogP contribution in [0.4, 0.5) is 0 Å². The molecule has 0 spiro atoms. The highest BCUT2D eigenvalue weighted by molar-refractivity contribution is 7.26. The first-order valence-electron chi connectivity index (χ1n) is 17.4. The molecule has 50 heavy (non-hydrogen) atoms. The van der Waals surface area contributed by atoms with Crippen molar-refractivity contribution in [1.82, 2.24) is 9.13 Å². The topological polar surface area (TPSA) is 9.86 Å². The van der Waals surface area contributed by atoms with Crippen molar-refractivity contribution in [2.75, 3.05) is 0 Å². The van der Waals surface area contributed by atoms with E-state index < -0.39 is 0 Å². The number of allylic oxidation sites excluding steroid dienone is 8. The third-order valence-corrected chi connectivity index (χ3v) is 12.4. The number of fused-ring (bicyclic) bond motifs is 12. The van der Waals surface area contributed by atoms with E-state index in [1.807, 2.05) is 11.3 Å². The molecule has 2 unspecified atom stereocenters. The van der Waals surface area contributed by atoms with Crippen LogP contribution in [0.1, 0.15) is 6.92 Å². The number of thiophene rings is 1. The lowest BCUT2D eigenvalue weighted by Gasteiger charge is -2.39. The molecule has 0 saturated heterocycles. The van der Waals surface area contributed by atoms with Crippen LogP contribution < -0.4 is 0 Å². The SMILES string of the molecule is CC12C=CC=CC1C=CC=C2n1c2ccccc2c2ccc3sc4c(ccc5c6ccccc6n(-c6ccc(-c7ccccc7)cc6)c54)c3c21. The van der Waals surface area contributed by atoms with Gasteiger partial charge in [0.25, 0.3) is 0 Å². The van der Waals surface area contributed by atoms with Gasteiger partial charge < -0.3 is 9.13 Å². The molecule has 3 aromatic heterocycles. The highest BCUT2D eigenvalue weighted by atomic mass is 32.1. The zero-order valence-corrected chi connectivity index (χ0v) is 28.4. The maximum Gasteiger partial charge on any atom is 0.0719 e. The number of hydrogen-bond acceptors (Lipinski definition) is 1.